The van der Waals surface area contributed by atoms with Crippen molar-refractivity contribution in [3.63, 3.8) is 0 Å². The van der Waals surface area contributed by atoms with Gasteiger partial charge in [-0.05, 0) is 117 Å². The van der Waals surface area contributed by atoms with Gasteiger partial charge in [0.05, 0.1) is 0 Å². The van der Waals surface area contributed by atoms with Crippen molar-refractivity contribution in [3.8, 4) is 89.0 Å². The minimum absolute atomic E-state index is 1.22. The van der Waals surface area contributed by atoms with Gasteiger partial charge in [0.15, 0.2) is 0 Å². The van der Waals surface area contributed by atoms with Gasteiger partial charge in [0.25, 0.3) is 0 Å². The highest BCUT2D eigenvalue weighted by atomic mass is 14.3. The van der Waals surface area contributed by atoms with Gasteiger partial charge in [-0.25, -0.2) is 0 Å². The molecule has 248 valence electrons. The van der Waals surface area contributed by atoms with E-state index in [1.807, 2.05) is 0 Å². The summed E-state index contributed by atoms with van der Waals surface area (Å²) in [5.41, 5.74) is 24.9. The molecule has 0 spiro atoms. The van der Waals surface area contributed by atoms with Crippen molar-refractivity contribution in [2.45, 2.75) is 27.7 Å². The molecule has 8 aromatic rings. The Labute approximate surface area is 307 Å². The minimum atomic E-state index is 1.22. The average Bonchev–Trinajstić information content (AvgIpc) is 3.18. The number of rotatable bonds is 4. The summed E-state index contributed by atoms with van der Waals surface area (Å²) in [6, 6.07) is 63.8. The van der Waals surface area contributed by atoms with Crippen LogP contribution in [0.25, 0.3) is 89.0 Å². The molecular formula is C52H40. The maximum Gasteiger partial charge on any atom is -0.00141 e. The Morgan fingerprint density at radius 3 is 0.577 bits per heavy atom. The smallest absolute Gasteiger partial charge is 0.00141 e. The van der Waals surface area contributed by atoms with Gasteiger partial charge in [0.2, 0.25) is 0 Å². The fourth-order valence-corrected chi connectivity index (χ4v) is 8.06. The van der Waals surface area contributed by atoms with Crippen molar-refractivity contribution >= 4 is 0 Å². The maximum atomic E-state index is 2.35. The molecule has 0 atom stereocenters. The second kappa shape index (κ2) is 12.8. The van der Waals surface area contributed by atoms with Crippen LogP contribution in [-0.2, 0) is 0 Å². The topological polar surface area (TPSA) is 0 Å². The molecule has 0 heterocycles. The first-order valence-corrected chi connectivity index (χ1v) is 18.3. The van der Waals surface area contributed by atoms with Crippen LogP contribution in [-0.4, -0.2) is 0 Å². The minimum Gasteiger partial charge on any atom is -0.0616 e. The monoisotopic (exact) mass is 664 g/mol. The van der Waals surface area contributed by atoms with Crippen molar-refractivity contribution in [1.29, 1.82) is 0 Å². The highest BCUT2D eigenvalue weighted by Gasteiger charge is 2.30. The molecule has 0 N–H and O–H groups in total. The Kier molecular flexibility index (Phi) is 7.82. The molecular weight excluding hydrogens is 625 g/mol. The predicted octanol–water partition coefficient (Wildman–Crippen LogP) is 14.6. The zero-order valence-electron chi connectivity index (χ0n) is 30.2. The summed E-state index contributed by atoms with van der Waals surface area (Å²) in [6.45, 7) is 8.65. The summed E-state index contributed by atoms with van der Waals surface area (Å²) in [5, 5.41) is 0. The van der Waals surface area contributed by atoms with Gasteiger partial charge >= 0.3 is 0 Å². The lowest BCUT2D eigenvalue weighted by Gasteiger charge is -2.30. The Bertz CT molecular complexity index is 2230. The van der Waals surface area contributed by atoms with Gasteiger partial charge in [-0.2, -0.15) is 0 Å². The molecule has 0 radical (unpaired) electrons. The fourth-order valence-electron chi connectivity index (χ4n) is 8.06. The van der Waals surface area contributed by atoms with Crippen molar-refractivity contribution < 1.29 is 0 Å². The zero-order chi connectivity index (χ0) is 35.3. The molecule has 0 unspecified atom stereocenters. The summed E-state index contributed by atoms with van der Waals surface area (Å²) in [6.07, 6.45) is 0. The second-order valence-electron chi connectivity index (χ2n) is 14.4. The van der Waals surface area contributed by atoms with Crippen LogP contribution < -0.4 is 0 Å². The van der Waals surface area contributed by atoms with Gasteiger partial charge in [-0.3, -0.25) is 0 Å². The normalized spacial score (nSPS) is 11.5. The van der Waals surface area contributed by atoms with E-state index in [1.54, 1.807) is 0 Å². The van der Waals surface area contributed by atoms with E-state index in [0.29, 0.717) is 0 Å². The number of aryl methyl sites for hydroxylation is 4. The van der Waals surface area contributed by atoms with Crippen LogP contribution in [0.3, 0.4) is 0 Å². The molecule has 0 bridgehead atoms. The lowest BCUT2D eigenvalue weighted by atomic mass is 9.73. The third kappa shape index (κ3) is 5.40. The molecule has 52 heavy (non-hydrogen) atoms. The van der Waals surface area contributed by atoms with Crippen molar-refractivity contribution in [2.24, 2.45) is 0 Å². The number of hydrogen-bond acceptors (Lipinski definition) is 0. The van der Waals surface area contributed by atoms with E-state index >= 15 is 0 Å². The van der Waals surface area contributed by atoms with E-state index in [1.165, 1.54) is 111 Å². The summed E-state index contributed by atoms with van der Waals surface area (Å²) in [4.78, 5) is 0. The molecule has 0 fully saturated rings. The summed E-state index contributed by atoms with van der Waals surface area (Å²) < 4.78 is 0. The lowest BCUT2D eigenvalue weighted by Crippen LogP contribution is -2.03. The van der Waals surface area contributed by atoms with Gasteiger partial charge in [-0.15, -0.1) is 0 Å². The average molecular weight is 665 g/mol. The summed E-state index contributed by atoms with van der Waals surface area (Å²) in [5.74, 6) is 0. The molecule has 0 saturated heterocycles. The van der Waals surface area contributed by atoms with E-state index in [0.717, 1.165) is 0 Å². The second-order valence-corrected chi connectivity index (χ2v) is 14.4. The highest BCUT2D eigenvalue weighted by Crippen LogP contribution is 2.56. The van der Waals surface area contributed by atoms with Crippen molar-refractivity contribution in [3.05, 3.63) is 192 Å². The van der Waals surface area contributed by atoms with E-state index in [9.17, 15) is 0 Å². The SMILES string of the molecule is Cc1ccc(-c2ccc(-c3ccc(C)cc3)c3c2-c2ccccc2-c2c(-c4ccc(C)cc4)ccc(-c4ccc(C)cc4)c2-c2ccccc2-3)cc1. The van der Waals surface area contributed by atoms with Crippen molar-refractivity contribution in [1.82, 2.24) is 0 Å². The zero-order valence-corrected chi connectivity index (χ0v) is 30.2. The molecule has 0 aromatic heterocycles. The molecule has 0 saturated carbocycles. The van der Waals surface area contributed by atoms with Gasteiger partial charge in [0, 0.05) is 0 Å². The molecule has 9 rings (SSSR count). The first-order valence-electron chi connectivity index (χ1n) is 18.3. The molecule has 0 nitrogen and oxygen atoms in total. The van der Waals surface area contributed by atoms with Crippen LogP contribution in [0.15, 0.2) is 170 Å². The van der Waals surface area contributed by atoms with Gasteiger partial charge in [-0.1, -0.05) is 192 Å². The van der Waals surface area contributed by atoms with E-state index in [-0.39, 0.29) is 0 Å². The fraction of sp³-hybridized carbons (Fsp3) is 0.0769. The Morgan fingerprint density at radius 1 is 0.192 bits per heavy atom. The Morgan fingerprint density at radius 2 is 0.385 bits per heavy atom. The first-order chi connectivity index (χ1) is 25.4. The van der Waals surface area contributed by atoms with E-state index < -0.39 is 0 Å². The van der Waals surface area contributed by atoms with Crippen LogP contribution in [0.5, 0.6) is 0 Å². The van der Waals surface area contributed by atoms with Crippen LogP contribution >= 0.6 is 0 Å². The molecule has 0 heteroatoms. The number of benzene rings is 8. The third-order valence-electron chi connectivity index (χ3n) is 10.8. The van der Waals surface area contributed by atoms with E-state index in [2.05, 4.69) is 198 Å². The largest absolute Gasteiger partial charge is 0.0616 e. The lowest BCUT2D eigenvalue weighted by molar-refractivity contribution is 1.44. The molecule has 8 aromatic carbocycles. The highest BCUT2D eigenvalue weighted by molar-refractivity contribution is 6.15. The molecule has 1 aliphatic carbocycles. The van der Waals surface area contributed by atoms with Crippen LogP contribution in [0.2, 0.25) is 0 Å². The van der Waals surface area contributed by atoms with Crippen molar-refractivity contribution in [2.75, 3.05) is 0 Å². The predicted molar refractivity (Wildman–Crippen MR) is 222 cm³/mol. The van der Waals surface area contributed by atoms with E-state index in [4.69, 9.17) is 0 Å². The third-order valence-corrected chi connectivity index (χ3v) is 10.8. The van der Waals surface area contributed by atoms with Gasteiger partial charge < -0.3 is 0 Å². The van der Waals surface area contributed by atoms with Gasteiger partial charge in [0.1, 0.15) is 0 Å². The quantitative estimate of drug-likeness (QED) is 0.176. The Hall–Kier alpha value is -6.24. The standard InChI is InChI=1S/C52H40/c1-33-13-21-37(22-14-33)41-29-30-42(38-23-15-34(2)16-24-38)50-47-11-7-8-12-48(47)52-44(40-27-19-36(4)20-28-40)32-31-43(39-25-17-35(3)18-26-39)51(52)46-10-6-5-9-45(46)49(41)50/h5-32H,1-4H3. The van der Waals surface area contributed by atoms with Crippen LogP contribution in [0.1, 0.15) is 22.3 Å². The first kappa shape index (κ1) is 31.7. The molecule has 0 amide bonds. The van der Waals surface area contributed by atoms with Crippen LogP contribution in [0, 0.1) is 27.7 Å². The Balaban J connectivity index is 1.49. The summed E-state index contributed by atoms with van der Waals surface area (Å²) >= 11 is 0. The molecule has 1 aliphatic rings. The molecule has 0 aliphatic heterocycles. The summed E-state index contributed by atoms with van der Waals surface area (Å²) in [7, 11) is 0. The maximum absolute atomic E-state index is 2.35. The number of hydrogen-bond donors (Lipinski definition) is 0. The number of fused-ring (bicyclic) bond motifs is 8. The van der Waals surface area contributed by atoms with Crippen LogP contribution in [0.4, 0.5) is 0 Å².